The lowest BCUT2D eigenvalue weighted by Gasteiger charge is -2.40. The molecule has 0 radical (unpaired) electrons. The number of ketones is 1. The van der Waals surface area contributed by atoms with Gasteiger partial charge >= 0.3 is 0 Å². The van der Waals surface area contributed by atoms with E-state index < -0.39 is 5.60 Å². The Bertz CT molecular complexity index is 478. The van der Waals surface area contributed by atoms with E-state index in [1.165, 1.54) is 5.46 Å². The van der Waals surface area contributed by atoms with Gasteiger partial charge in [0.2, 0.25) is 0 Å². The van der Waals surface area contributed by atoms with Gasteiger partial charge in [-0.15, -0.1) is 0 Å². The van der Waals surface area contributed by atoms with Crippen LogP contribution in [0.15, 0.2) is 18.2 Å². The molecular formula is C14H17BO3. The van der Waals surface area contributed by atoms with Crippen molar-refractivity contribution in [1.82, 2.24) is 0 Å². The molecule has 0 aromatic heterocycles. The number of Topliss-reactive ketones (excluding diaryl/α,β-unsaturated/α-hetero) is 1. The van der Waals surface area contributed by atoms with E-state index in [2.05, 4.69) is 6.82 Å². The summed E-state index contributed by atoms with van der Waals surface area (Å²) >= 11 is 0. The predicted molar refractivity (Wildman–Crippen MR) is 71.4 cm³/mol. The number of fused-ring (bicyclic) bond motifs is 1. The fraction of sp³-hybridized carbons (Fsp3) is 0.500. The summed E-state index contributed by atoms with van der Waals surface area (Å²) in [5.41, 5.74) is 1.52. The van der Waals surface area contributed by atoms with E-state index in [9.17, 15) is 4.79 Å². The summed E-state index contributed by atoms with van der Waals surface area (Å²) in [5.74, 6) is 0.922. The van der Waals surface area contributed by atoms with E-state index >= 15 is 0 Å². The summed E-state index contributed by atoms with van der Waals surface area (Å²) < 4.78 is 11.6. The van der Waals surface area contributed by atoms with Crippen LogP contribution < -0.4 is 10.2 Å². The largest absolute Gasteiger partial charge is 0.484 e. The number of carbonyl (C=O) groups is 1. The van der Waals surface area contributed by atoms with Gasteiger partial charge in [0.15, 0.2) is 13.1 Å². The molecule has 0 saturated carbocycles. The molecule has 1 saturated heterocycles. The predicted octanol–water partition coefficient (Wildman–Crippen LogP) is 1.31. The third-order valence-electron chi connectivity index (χ3n) is 3.85. The molecule has 0 aliphatic carbocycles. The highest BCUT2D eigenvalue weighted by Crippen LogP contribution is 2.37. The minimum atomic E-state index is -0.407. The summed E-state index contributed by atoms with van der Waals surface area (Å²) in [4.78, 5) is 12.3. The molecule has 1 aromatic carbocycles. The number of carbonyl (C=O) groups excluding carboxylic acids is 1. The first-order chi connectivity index (χ1) is 8.72. The molecule has 1 aromatic rings. The van der Waals surface area contributed by atoms with Crippen molar-refractivity contribution >= 4 is 18.5 Å². The van der Waals surface area contributed by atoms with E-state index in [0.717, 1.165) is 38.0 Å². The van der Waals surface area contributed by atoms with E-state index in [-0.39, 0.29) is 5.78 Å². The molecule has 4 heteroatoms. The first-order valence-electron chi connectivity index (χ1n) is 6.65. The van der Waals surface area contributed by atoms with Crippen LogP contribution in [0, 0.1) is 0 Å². The number of ether oxygens (including phenoxy) is 2. The minimum Gasteiger partial charge on any atom is -0.484 e. The summed E-state index contributed by atoms with van der Waals surface area (Å²) in [6, 6.07) is 5.94. The van der Waals surface area contributed by atoms with Crippen molar-refractivity contribution in [2.75, 3.05) is 13.2 Å². The topological polar surface area (TPSA) is 35.5 Å². The Balaban J connectivity index is 1.95. The number of rotatable bonds is 1. The van der Waals surface area contributed by atoms with Gasteiger partial charge in [-0.2, -0.15) is 0 Å². The maximum Gasteiger partial charge on any atom is 0.170 e. The molecule has 1 unspecified atom stereocenters. The SMILES string of the molecule is CBc1ccc2c(c1)C(=O)CC1(CCCOC1)O2. The van der Waals surface area contributed by atoms with Gasteiger partial charge in [0.25, 0.3) is 0 Å². The number of hydrogen-bond acceptors (Lipinski definition) is 3. The molecule has 1 atom stereocenters. The molecule has 0 amide bonds. The Kier molecular flexibility index (Phi) is 2.90. The van der Waals surface area contributed by atoms with E-state index in [1.807, 2.05) is 18.2 Å². The Labute approximate surface area is 108 Å². The van der Waals surface area contributed by atoms with Gasteiger partial charge in [-0.25, -0.2) is 0 Å². The molecule has 18 heavy (non-hydrogen) atoms. The smallest absolute Gasteiger partial charge is 0.170 e. The molecule has 2 heterocycles. The zero-order chi connectivity index (χ0) is 12.6. The van der Waals surface area contributed by atoms with Crippen LogP contribution in [0.2, 0.25) is 6.82 Å². The zero-order valence-electron chi connectivity index (χ0n) is 10.7. The van der Waals surface area contributed by atoms with Crippen LogP contribution in [-0.2, 0) is 4.74 Å². The quantitative estimate of drug-likeness (QED) is 0.699. The maximum atomic E-state index is 12.3. The van der Waals surface area contributed by atoms with Crippen LogP contribution in [0.1, 0.15) is 29.6 Å². The average Bonchev–Trinajstić information content (AvgIpc) is 2.39. The second-order valence-corrected chi connectivity index (χ2v) is 5.23. The van der Waals surface area contributed by atoms with Gasteiger partial charge in [0.1, 0.15) is 11.4 Å². The van der Waals surface area contributed by atoms with Crippen molar-refractivity contribution in [3.05, 3.63) is 23.8 Å². The lowest BCUT2D eigenvalue weighted by Crippen LogP contribution is -2.48. The van der Waals surface area contributed by atoms with Crippen molar-refractivity contribution in [1.29, 1.82) is 0 Å². The Hall–Kier alpha value is -1.29. The van der Waals surface area contributed by atoms with Crippen LogP contribution >= 0.6 is 0 Å². The van der Waals surface area contributed by atoms with Crippen molar-refractivity contribution in [2.24, 2.45) is 0 Å². The standard InChI is InChI=1S/C14H17BO3/c1-15-10-3-4-13-11(7-10)12(16)8-14(18-13)5-2-6-17-9-14/h3-4,7,15H,2,5-6,8-9H2,1H3. The van der Waals surface area contributed by atoms with Crippen LogP contribution in [0.3, 0.4) is 0 Å². The zero-order valence-corrected chi connectivity index (χ0v) is 10.7. The highest BCUT2D eigenvalue weighted by atomic mass is 16.5. The van der Waals surface area contributed by atoms with E-state index in [0.29, 0.717) is 13.0 Å². The van der Waals surface area contributed by atoms with Gasteiger partial charge < -0.3 is 9.47 Å². The van der Waals surface area contributed by atoms with E-state index in [4.69, 9.17) is 9.47 Å². The molecule has 1 fully saturated rings. The third kappa shape index (κ3) is 1.95. The maximum absolute atomic E-state index is 12.3. The van der Waals surface area contributed by atoms with Gasteiger partial charge in [-0.3, -0.25) is 4.79 Å². The Morgan fingerprint density at radius 1 is 1.39 bits per heavy atom. The third-order valence-corrected chi connectivity index (χ3v) is 3.85. The summed E-state index contributed by atoms with van der Waals surface area (Å²) in [6.07, 6.45) is 2.33. The van der Waals surface area contributed by atoms with Crippen molar-refractivity contribution in [3.8, 4) is 5.75 Å². The molecule has 0 bridgehead atoms. The highest BCUT2D eigenvalue weighted by Gasteiger charge is 2.42. The van der Waals surface area contributed by atoms with Crippen molar-refractivity contribution in [3.63, 3.8) is 0 Å². The van der Waals surface area contributed by atoms with Crippen molar-refractivity contribution in [2.45, 2.75) is 31.7 Å². The van der Waals surface area contributed by atoms with Gasteiger partial charge in [-0.05, 0) is 18.9 Å². The average molecular weight is 244 g/mol. The molecule has 0 N–H and O–H groups in total. The van der Waals surface area contributed by atoms with Crippen LogP contribution in [0.5, 0.6) is 5.75 Å². The lowest BCUT2D eigenvalue weighted by atomic mass is 9.72. The molecule has 3 rings (SSSR count). The molecule has 2 aliphatic heterocycles. The molecule has 2 aliphatic rings. The van der Waals surface area contributed by atoms with Crippen LogP contribution in [0.4, 0.5) is 0 Å². The second kappa shape index (κ2) is 4.43. The molecule has 3 nitrogen and oxygen atoms in total. The highest BCUT2D eigenvalue weighted by molar-refractivity contribution is 6.52. The normalized spacial score (nSPS) is 26.6. The Morgan fingerprint density at radius 2 is 2.28 bits per heavy atom. The van der Waals surface area contributed by atoms with Crippen molar-refractivity contribution < 1.29 is 14.3 Å². The number of benzene rings is 1. The number of hydrogen-bond donors (Lipinski definition) is 0. The molecule has 94 valence electrons. The van der Waals surface area contributed by atoms with Gasteiger partial charge in [0, 0.05) is 6.61 Å². The first-order valence-corrected chi connectivity index (χ1v) is 6.65. The molecular weight excluding hydrogens is 227 g/mol. The Morgan fingerprint density at radius 3 is 3.00 bits per heavy atom. The first kappa shape index (κ1) is 11.8. The minimum absolute atomic E-state index is 0.192. The summed E-state index contributed by atoms with van der Waals surface area (Å²) in [6.45, 7) is 3.40. The fourth-order valence-electron chi connectivity index (χ4n) is 2.81. The molecule has 1 spiro atoms. The summed E-state index contributed by atoms with van der Waals surface area (Å²) in [5, 5.41) is 0. The van der Waals surface area contributed by atoms with Gasteiger partial charge in [0.05, 0.1) is 18.6 Å². The van der Waals surface area contributed by atoms with Crippen LogP contribution in [-0.4, -0.2) is 31.9 Å². The van der Waals surface area contributed by atoms with Gasteiger partial charge in [-0.1, -0.05) is 24.4 Å². The van der Waals surface area contributed by atoms with E-state index in [1.54, 1.807) is 0 Å². The monoisotopic (exact) mass is 244 g/mol. The van der Waals surface area contributed by atoms with Crippen LogP contribution in [0.25, 0.3) is 0 Å². The fourth-order valence-corrected chi connectivity index (χ4v) is 2.81. The summed E-state index contributed by atoms with van der Waals surface area (Å²) in [7, 11) is 0.939. The lowest BCUT2D eigenvalue weighted by molar-refractivity contribution is -0.0715. The second-order valence-electron chi connectivity index (χ2n) is 5.23.